The van der Waals surface area contributed by atoms with Gasteiger partial charge in [0.25, 0.3) is 11.8 Å². The van der Waals surface area contributed by atoms with Crippen LogP contribution in [0.2, 0.25) is 0 Å². The van der Waals surface area contributed by atoms with Crippen molar-refractivity contribution in [3.63, 3.8) is 0 Å². The average Bonchev–Trinajstić information content (AvgIpc) is 3.38. The highest BCUT2D eigenvalue weighted by Crippen LogP contribution is 2.51. The molecule has 2 aliphatic rings. The number of amides is 2. The molecule has 1 aromatic carbocycles. The molecule has 7 nitrogen and oxygen atoms in total. The zero-order valence-corrected chi connectivity index (χ0v) is 15.9. The Kier molecular flexibility index (Phi) is 4.07. The molecule has 1 aliphatic heterocycles. The molecule has 4 rings (SSSR count). The number of nitrogens with zero attached hydrogens (tertiary/aromatic N) is 3. The Labute approximate surface area is 158 Å². The van der Waals surface area contributed by atoms with Crippen molar-refractivity contribution in [3.05, 3.63) is 53.3 Å². The van der Waals surface area contributed by atoms with Crippen molar-refractivity contribution in [2.45, 2.75) is 30.9 Å². The molecule has 0 bridgehead atoms. The monoisotopic (exact) mass is 368 g/mol. The highest BCUT2D eigenvalue weighted by molar-refractivity contribution is 5.96. The van der Waals surface area contributed by atoms with Gasteiger partial charge in [-0.15, -0.1) is 0 Å². The van der Waals surface area contributed by atoms with Crippen LogP contribution in [0.3, 0.4) is 0 Å². The lowest BCUT2D eigenvalue weighted by atomic mass is 9.80. The third-order valence-electron chi connectivity index (χ3n) is 5.90. The number of benzene rings is 1. The summed E-state index contributed by atoms with van der Waals surface area (Å²) in [4.78, 5) is 27.2. The molecule has 2 heterocycles. The quantitative estimate of drug-likeness (QED) is 0.868. The summed E-state index contributed by atoms with van der Waals surface area (Å²) >= 11 is 0. The first-order chi connectivity index (χ1) is 12.9. The number of nitrogens with one attached hydrogen (secondary N) is 1. The first kappa shape index (κ1) is 17.7. The van der Waals surface area contributed by atoms with Crippen molar-refractivity contribution in [2.75, 3.05) is 20.2 Å². The smallest absolute Gasteiger partial charge is 0.274 e. The normalized spacial score (nSPS) is 19.3. The van der Waals surface area contributed by atoms with Crippen LogP contribution in [0.1, 0.15) is 39.4 Å². The predicted molar refractivity (Wildman–Crippen MR) is 99.5 cm³/mol. The molecular weight excluding hydrogens is 344 g/mol. The summed E-state index contributed by atoms with van der Waals surface area (Å²) in [6.07, 6.45) is 1.76. The van der Waals surface area contributed by atoms with Crippen molar-refractivity contribution < 1.29 is 14.3 Å². The molecule has 1 aromatic heterocycles. The van der Waals surface area contributed by atoms with E-state index in [0.717, 1.165) is 18.5 Å². The van der Waals surface area contributed by atoms with Gasteiger partial charge in [0.2, 0.25) is 0 Å². The summed E-state index contributed by atoms with van der Waals surface area (Å²) < 4.78 is 7.47. The maximum Gasteiger partial charge on any atom is 0.274 e. The molecule has 1 saturated heterocycles. The summed E-state index contributed by atoms with van der Waals surface area (Å²) in [5, 5.41) is 7.44. The van der Waals surface area contributed by atoms with Crippen molar-refractivity contribution in [1.82, 2.24) is 20.0 Å². The number of carbonyl (C=O) groups is 2. The number of methoxy groups -OCH3 is 1. The van der Waals surface area contributed by atoms with Crippen molar-refractivity contribution in [1.29, 1.82) is 0 Å². The maximum atomic E-state index is 12.8. The Morgan fingerprint density at radius 3 is 2.37 bits per heavy atom. The molecule has 27 heavy (non-hydrogen) atoms. The van der Waals surface area contributed by atoms with Gasteiger partial charge in [-0.3, -0.25) is 14.3 Å². The minimum Gasteiger partial charge on any atom is -0.376 e. The highest BCUT2D eigenvalue weighted by Gasteiger charge is 2.66. The maximum absolute atomic E-state index is 12.8. The van der Waals surface area contributed by atoms with Gasteiger partial charge >= 0.3 is 0 Å². The van der Waals surface area contributed by atoms with Gasteiger partial charge in [-0.05, 0) is 38.0 Å². The number of aromatic nitrogens is 2. The summed E-state index contributed by atoms with van der Waals surface area (Å²) in [7, 11) is 3.49. The Balaban J connectivity index is 1.53. The Morgan fingerprint density at radius 1 is 1.19 bits per heavy atom. The Morgan fingerprint density at radius 2 is 1.85 bits per heavy atom. The Hall–Kier alpha value is -2.67. The lowest BCUT2D eigenvalue weighted by Crippen LogP contribution is -2.77. The van der Waals surface area contributed by atoms with Crippen LogP contribution < -0.4 is 5.32 Å². The fraction of sp³-hybridized carbons (Fsp3) is 0.450. The van der Waals surface area contributed by atoms with E-state index < -0.39 is 11.1 Å². The fourth-order valence-electron chi connectivity index (χ4n) is 3.93. The van der Waals surface area contributed by atoms with Gasteiger partial charge in [-0.25, -0.2) is 0 Å². The number of carbonyl (C=O) groups excluding carboxylic acids is 2. The van der Waals surface area contributed by atoms with E-state index in [1.54, 1.807) is 34.9 Å². The molecule has 0 radical (unpaired) electrons. The molecule has 1 aliphatic carbocycles. The van der Waals surface area contributed by atoms with Gasteiger partial charge in [0.15, 0.2) is 5.69 Å². The van der Waals surface area contributed by atoms with Crippen LogP contribution in [0.25, 0.3) is 0 Å². The predicted octanol–water partition coefficient (Wildman–Crippen LogP) is 1.53. The second-order valence-electron chi connectivity index (χ2n) is 7.56. The minimum absolute atomic E-state index is 0.116. The second-order valence-corrected chi connectivity index (χ2v) is 7.56. The summed E-state index contributed by atoms with van der Waals surface area (Å²) in [6.45, 7) is 2.76. The lowest BCUT2D eigenvalue weighted by Gasteiger charge is -2.54. The van der Waals surface area contributed by atoms with Crippen LogP contribution in [0, 0.1) is 6.92 Å². The number of aryl methyl sites for hydroxylation is 2. The molecule has 2 aromatic rings. The molecule has 142 valence electrons. The van der Waals surface area contributed by atoms with E-state index in [4.69, 9.17) is 4.74 Å². The zero-order chi connectivity index (χ0) is 19.2. The van der Waals surface area contributed by atoms with Crippen molar-refractivity contribution in [2.24, 2.45) is 7.05 Å². The van der Waals surface area contributed by atoms with Crippen LogP contribution >= 0.6 is 0 Å². The standard InChI is InChI=1S/C20H24N4O3/c1-14-11-16(22-23(14)2)18(26)24-12-19(13-24,20(27-3)9-10-20)21-17(25)15-7-5-4-6-8-15/h4-8,11H,9-10,12-13H2,1-3H3,(H,21,25). The minimum atomic E-state index is -0.561. The number of hydrogen-bond acceptors (Lipinski definition) is 4. The fourth-order valence-corrected chi connectivity index (χ4v) is 3.93. The molecule has 1 N–H and O–H groups in total. The average molecular weight is 368 g/mol. The molecule has 2 amide bonds. The zero-order valence-electron chi connectivity index (χ0n) is 15.9. The van der Waals surface area contributed by atoms with Gasteiger partial charge < -0.3 is 15.0 Å². The number of ether oxygens (including phenoxy) is 1. The SMILES string of the molecule is COC1(C2(NC(=O)c3ccccc3)CN(C(=O)c3cc(C)n(C)n3)C2)CC1. The van der Waals surface area contributed by atoms with E-state index in [-0.39, 0.29) is 11.8 Å². The van der Waals surface area contributed by atoms with E-state index >= 15 is 0 Å². The first-order valence-corrected chi connectivity index (χ1v) is 9.12. The third-order valence-corrected chi connectivity index (χ3v) is 5.90. The van der Waals surface area contributed by atoms with Gasteiger partial charge in [0.05, 0.1) is 5.60 Å². The third kappa shape index (κ3) is 2.82. The van der Waals surface area contributed by atoms with E-state index in [2.05, 4.69) is 10.4 Å². The first-order valence-electron chi connectivity index (χ1n) is 9.12. The van der Waals surface area contributed by atoms with Crippen LogP contribution in [0.15, 0.2) is 36.4 Å². The molecule has 0 atom stereocenters. The van der Waals surface area contributed by atoms with Gasteiger partial charge in [-0.2, -0.15) is 5.10 Å². The van der Waals surface area contributed by atoms with Crippen LogP contribution in [0.5, 0.6) is 0 Å². The highest BCUT2D eigenvalue weighted by atomic mass is 16.5. The largest absolute Gasteiger partial charge is 0.376 e. The molecule has 2 fully saturated rings. The van der Waals surface area contributed by atoms with Crippen molar-refractivity contribution in [3.8, 4) is 0 Å². The summed E-state index contributed by atoms with van der Waals surface area (Å²) in [5.74, 6) is -0.255. The number of rotatable bonds is 5. The van der Waals surface area contributed by atoms with E-state index in [1.807, 2.05) is 32.2 Å². The molecular formula is C20H24N4O3. The van der Waals surface area contributed by atoms with Gasteiger partial charge in [0, 0.05) is 38.5 Å². The molecule has 1 saturated carbocycles. The summed E-state index contributed by atoms with van der Waals surface area (Å²) in [5.41, 5.74) is 1.01. The second kappa shape index (κ2) is 6.20. The summed E-state index contributed by atoms with van der Waals surface area (Å²) in [6, 6.07) is 10.9. The van der Waals surface area contributed by atoms with Gasteiger partial charge in [-0.1, -0.05) is 18.2 Å². The molecule has 0 spiro atoms. The lowest BCUT2D eigenvalue weighted by molar-refractivity contribution is -0.0710. The van der Waals surface area contributed by atoms with E-state index in [9.17, 15) is 9.59 Å². The topological polar surface area (TPSA) is 76.5 Å². The van der Waals surface area contributed by atoms with E-state index in [1.165, 1.54) is 0 Å². The van der Waals surface area contributed by atoms with Crippen LogP contribution in [0.4, 0.5) is 0 Å². The number of hydrogen-bond donors (Lipinski definition) is 1. The van der Waals surface area contributed by atoms with Crippen molar-refractivity contribution >= 4 is 11.8 Å². The molecule has 0 unspecified atom stereocenters. The van der Waals surface area contributed by atoms with E-state index in [0.29, 0.717) is 24.3 Å². The molecule has 7 heteroatoms. The van der Waals surface area contributed by atoms with Crippen LogP contribution in [-0.4, -0.2) is 57.8 Å². The number of likely N-dealkylation sites (tertiary alicyclic amines) is 1. The van der Waals surface area contributed by atoms with Gasteiger partial charge in [0.1, 0.15) is 5.54 Å². The Bertz CT molecular complexity index is 860. The van der Waals surface area contributed by atoms with Crippen LogP contribution in [-0.2, 0) is 11.8 Å².